The van der Waals surface area contributed by atoms with Gasteiger partial charge < -0.3 is 4.98 Å². The molecule has 94 valence electrons. The maximum atomic E-state index is 11.4. The number of benzene rings is 2. The number of rotatable bonds is 3. The summed E-state index contributed by atoms with van der Waals surface area (Å²) in [6.45, 7) is 1.98. The van der Waals surface area contributed by atoms with Gasteiger partial charge in [-0.2, -0.15) is 0 Å². The Morgan fingerprint density at radius 1 is 1.05 bits per heavy atom. The molecular weight excluding hydrogens is 238 g/mol. The van der Waals surface area contributed by atoms with Crippen molar-refractivity contribution in [3.8, 4) is 0 Å². The number of fused-ring (bicyclic) bond motifs is 3. The van der Waals surface area contributed by atoms with E-state index >= 15 is 0 Å². The van der Waals surface area contributed by atoms with Gasteiger partial charge in [-0.15, -0.1) is 0 Å². The molecule has 3 nitrogen and oxygen atoms in total. The van der Waals surface area contributed by atoms with Crippen molar-refractivity contribution in [2.24, 2.45) is 0 Å². The Kier molecular flexibility index (Phi) is 2.67. The van der Waals surface area contributed by atoms with Gasteiger partial charge in [0.15, 0.2) is 12.6 Å². The molecule has 0 atom stereocenters. The van der Waals surface area contributed by atoms with Crippen LogP contribution in [0.5, 0.6) is 0 Å². The molecule has 1 heterocycles. The summed E-state index contributed by atoms with van der Waals surface area (Å²) in [6, 6.07) is 9.90. The van der Waals surface area contributed by atoms with Crippen molar-refractivity contribution in [1.29, 1.82) is 0 Å². The summed E-state index contributed by atoms with van der Waals surface area (Å²) < 4.78 is 0. The van der Waals surface area contributed by atoms with E-state index in [0.29, 0.717) is 11.1 Å². The van der Waals surface area contributed by atoms with Gasteiger partial charge in [0.1, 0.15) is 0 Å². The number of aromatic nitrogens is 1. The van der Waals surface area contributed by atoms with Gasteiger partial charge in [-0.05, 0) is 24.1 Å². The van der Waals surface area contributed by atoms with Gasteiger partial charge in [-0.1, -0.05) is 25.1 Å². The van der Waals surface area contributed by atoms with E-state index in [1.54, 1.807) is 0 Å². The molecule has 0 aliphatic heterocycles. The SMILES string of the molecule is CCc1cc2c([nH]c3ccccc32)c(C=O)c1C=O. The predicted octanol–water partition coefficient (Wildman–Crippen LogP) is 3.51. The van der Waals surface area contributed by atoms with Crippen LogP contribution in [0.25, 0.3) is 21.8 Å². The van der Waals surface area contributed by atoms with Crippen molar-refractivity contribution in [1.82, 2.24) is 4.98 Å². The number of hydrogen-bond acceptors (Lipinski definition) is 2. The number of aromatic amines is 1. The Labute approximate surface area is 110 Å². The zero-order chi connectivity index (χ0) is 13.4. The average Bonchev–Trinajstić information content (AvgIpc) is 2.83. The van der Waals surface area contributed by atoms with Crippen LogP contribution in [0.3, 0.4) is 0 Å². The highest BCUT2D eigenvalue weighted by atomic mass is 16.1. The van der Waals surface area contributed by atoms with E-state index < -0.39 is 0 Å². The van der Waals surface area contributed by atoms with Gasteiger partial charge in [0.05, 0.1) is 5.52 Å². The molecule has 0 bridgehead atoms. The van der Waals surface area contributed by atoms with Crippen LogP contribution in [-0.2, 0) is 6.42 Å². The summed E-state index contributed by atoms with van der Waals surface area (Å²) in [6.07, 6.45) is 2.26. The minimum atomic E-state index is 0.459. The third-order valence-electron chi connectivity index (χ3n) is 3.59. The molecule has 0 aliphatic carbocycles. The van der Waals surface area contributed by atoms with E-state index in [1.165, 1.54) is 0 Å². The summed E-state index contributed by atoms with van der Waals surface area (Å²) in [4.78, 5) is 25.9. The minimum Gasteiger partial charge on any atom is -0.354 e. The second-order valence-electron chi connectivity index (χ2n) is 4.55. The summed E-state index contributed by atoms with van der Waals surface area (Å²) >= 11 is 0. The second kappa shape index (κ2) is 4.35. The third kappa shape index (κ3) is 1.58. The van der Waals surface area contributed by atoms with Crippen molar-refractivity contribution in [3.05, 3.63) is 47.0 Å². The largest absolute Gasteiger partial charge is 0.354 e. The van der Waals surface area contributed by atoms with Crippen LogP contribution in [0.15, 0.2) is 30.3 Å². The Morgan fingerprint density at radius 2 is 1.79 bits per heavy atom. The Morgan fingerprint density at radius 3 is 2.47 bits per heavy atom. The van der Waals surface area contributed by atoms with Gasteiger partial charge in [-0.3, -0.25) is 9.59 Å². The molecule has 1 N–H and O–H groups in total. The highest BCUT2D eigenvalue weighted by Crippen LogP contribution is 2.30. The van der Waals surface area contributed by atoms with Crippen molar-refractivity contribution in [2.45, 2.75) is 13.3 Å². The Balaban J connectivity index is 2.56. The van der Waals surface area contributed by atoms with E-state index in [2.05, 4.69) is 4.98 Å². The number of para-hydroxylation sites is 1. The molecule has 0 amide bonds. The zero-order valence-electron chi connectivity index (χ0n) is 10.6. The lowest BCUT2D eigenvalue weighted by Gasteiger charge is -2.06. The van der Waals surface area contributed by atoms with E-state index in [4.69, 9.17) is 0 Å². The molecule has 0 aliphatic rings. The third-order valence-corrected chi connectivity index (χ3v) is 3.59. The smallest absolute Gasteiger partial charge is 0.152 e. The lowest BCUT2D eigenvalue weighted by Crippen LogP contribution is -1.98. The number of carbonyl (C=O) groups is 2. The minimum absolute atomic E-state index is 0.459. The van der Waals surface area contributed by atoms with E-state index in [0.717, 1.165) is 46.4 Å². The quantitative estimate of drug-likeness (QED) is 0.724. The maximum Gasteiger partial charge on any atom is 0.152 e. The number of aldehydes is 2. The molecule has 0 saturated carbocycles. The Bertz CT molecular complexity index is 799. The monoisotopic (exact) mass is 251 g/mol. The first-order valence-corrected chi connectivity index (χ1v) is 6.26. The molecule has 0 spiro atoms. The topological polar surface area (TPSA) is 49.9 Å². The summed E-state index contributed by atoms with van der Waals surface area (Å²) in [7, 11) is 0. The molecular formula is C16H13NO2. The van der Waals surface area contributed by atoms with E-state index in [9.17, 15) is 9.59 Å². The van der Waals surface area contributed by atoms with Gasteiger partial charge >= 0.3 is 0 Å². The number of nitrogens with one attached hydrogen (secondary N) is 1. The van der Waals surface area contributed by atoms with Gasteiger partial charge in [0.2, 0.25) is 0 Å². The molecule has 0 radical (unpaired) electrons. The van der Waals surface area contributed by atoms with Crippen LogP contribution in [0.2, 0.25) is 0 Å². The van der Waals surface area contributed by atoms with Gasteiger partial charge in [0.25, 0.3) is 0 Å². The number of aryl methyl sites for hydroxylation is 1. The van der Waals surface area contributed by atoms with Gasteiger partial charge in [0, 0.05) is 27.4 Å². The lowest BCUT2D eigenvalue weighted by atomic mass is 9.97. The number of carbonyl (C=O) groups excluding carboxylic acids is 2. The molecule has 1 aromatic heterocycles. The predicted molar refractivity (Wildman–Crippen MR) is 76.0 cm³/mol. The van der Waals surface area contributed by atoms with Crippen molar-refractivity contribution < 1.29 is 9.59 Å². The fraction of sp³-hybridized carbons (Fsp3) is 0.125. The lowest BCUT2D eigenvalue weighted by molar-refractivity contribution is 0.109. The van der Waals surface area contributed by atoms with Crippen molar-refractivity contribution >= 4 is 34.4 Å². The molecule has 0 saturated heterocycles. The standard InChI is InChI=1S/C16H13NO2/c1-2-10-7-12-11-5-3-4-6-15(11)17-16(12)14(9-19)13(10)8-18/h3-9,17H,2H2,1H3. The summed E-state index contributed by atoms with van der Waals surface area (Å²) in [5.74, 6) is 0. The van der Waals surface area contributed by atoms with E-state index in [-0.39, 0.29) is 0 Å². The van der Waals surface area contributed by atoms with Crippen LogP contribution < -0.4 is 0 Å². The molecule has 0 unspecified atom stereocenters. The fourth-order valence-electron chi connectivity index (χ4n) is 2.64. The highest BCUT2D eigenvalue weighted by molar-refractivity contribution is 6.14. The van der Waals surface area contributed by atoms with Gasteiger partial charge in [-0.25, -0.2) is 0 Å². The first-order chi connectivity index (χ1) is 9.30. The molecule has 0 fully saturated rings. The average molecular weight is 251 g/mol. The maximum absolute atomic E-state index is 11.4. The summed E-state index contributed by atoms with van der Waals surface area (Å²) in [5.41, 5.74) is 3.59. The second-order valence-corrected chi connectivity index (χ2v) is 4.55. The van der Waals surface area contributed by atoms with Crippen LogP contribution in [0.1, 0.15) is 33.2 Å². The van der Waals surface area contributed by atoms with Crippen LogP contribution in [0.4, 0.5) is 0 Å². The number of H-pyrrole nitrogens is 1. The first-order valence-electron chi connectivity index (χ1n) is 6.26. The van der Waals surface area contributed by atoms with E-state index in [1.807, 2.05) is 37.3 Å². The normalized spacial score (nSPS) is 11.0. The van der Waals surface area contributed by atoms with Crippen molar-refractivity contribution in [3.63, 3.8) is 0 Å². The fourth-order valence-corrected chi connectivity index (χ4v) is 2.64. The zero-order valence-corrected chi connectivity index (χ0v) is 10.6. The Hall–Kier alpha value is -2.42. The van der Waals surface area contributed by atoms with Crippen LogP contribution in [0, 0.1) is 0 Å². The molecule has 3 aromatic rings. The molecule has 3 heteroatoms. The first kappa shape index (κ1) is 11.7. The molecule has 3 rings (SSSR count). The molecule has 2 aromatic carbocycles. The van der Waals surface area contributed by atoms with Crippen molar-refractivity contribution in [2.75, 3.05) is 0 Å². The highest BCUT2D eigenvalue weighted by Gasteiger charge is 2.15. The molecule has 19 heavy (non-hydrogen) atoms. The van der Waals surface area contributed by atoms with Crippen LogP contribution >= 0.6 is 0 Å². The number of hydrogen-bond donors (Lipinski definition) is 1. The summed E-state index contributed by atoms with van der Waals surface area (Å²) in [5, 5.41) is 2.08. The van der Waals surface area contributed by atoms with Crippen LogP contribution in [-0.4, -0.2) is 17.6 Å².